The van der Waals surface area contributed by atoms with Gasteiger partial charge in [0, 0.05) is 24.1 Å². The highest BCUT2D eigenvalue weighted by Gasteiger charge is 2.39. The van der Waals surface area contributed by atoms with Crippen molar-refractivity contribution in [1.82, 2.24) is 14.6 Å². The number of thiazole rings is 1. The lowest BCUT2D eigenvalue weighted by atomic mass is 10.0. The fraction of sp³-hybridized carbons (Fsp3) is 0.474. The number of carbonyl (C=O) groups excluding carboxylic acids is 1. The van der Waals surface area contributed by atoms with Crippen LogP contribution in [0.25, 0.3) is 0 Å². The maximum Gasteiger partial charge on any atom is 0.244 e. The number of nitrogens with zero attached hydrogens (tertiary/aromatic N) is 2. The van der Waals surface area contributed by atoms with Gasteiger partial charge in [-0.1, -0.05) is 26.0 Å². The van der Waals surface area contributed by atoms with Crippen molar-refractivity contribution in [1.29, 1.82) is 0 Å². The Morgan fingerprint density at radius 2 is 2.04 bits per heavy atom. The van der Waals surface area contributed by atoms with E-state index < -0.39 is 16.1 Å². The maximum atomic E-state index is 13.1. The van der Waals surface area contributed by atoms with Crippen molar-refractivity contribution in [3.63, 3.8) is 0 Å². The number of sulfonamides is 1. The van der Waals surface area contributed by atoms with Crippen LogP contribution < -0.4 is 5.32 Å². The molecule has 1 fully saturated rings. The molecule has 1 N–H and O–H groups in total. The number of carbonyl (C=O) groups is 1. The highest BCUT2D eigenvalue weighted by Crippen LogP contribution is 2.29. The van der Waals surface area contributed by atoms with E-state index >= 15 is 0 Å². The molecule has 0 aliphatic carbocycles. The van der Waals surface area contributed by atoms with Crippen molar-refractivity contribution in [2.24, 2.45) is 0 Å². The van der Waals surface area contributed by atoms with Gasteiger partial charge >= 0.3 is 0 Å². The van der Waals surface area contributed by atoms with Gasteiger partial charge in [0.25, 0.3) is 0 Å². The zero-order valence-corrected chi connectivity index (χ0v) is 18.7. The lowest BCUT2D eigenvalue weighted by Crippen LogP contribution is -2.47. The number of rotatable bonds is 7. The van der Waals surface area contributed by atoms with E-state index in [9.17, 15) is 13.2 Å². The molecule has 1 aromatic carbocycles. The number of aromatic nitrogens is 1. The molecule has 152 valence electrons. The van der Waals surface area contributed by atoms with E-state index in [-0.39, 0.29) is 16.7 Å². The van der Waals surface area contributed by atoms with Crippen molar-refractivity contribution in [3.05, 3.63) is 45.9 Å². The zero-order valence-electron chi connectivity index (χ0n) is 16.2. The first kappa shape index (κ1) is 21.3. The summed E-state index contributed by atoms with van der Waals surface area (Å²) in [5, 5.41) is 5.84. The Balaban J connectivity index is 1.66. The molecule has 1 amide bonds. The van der Waals surface area contributed by atoms with E-state index in [1.54, 1.807) is 23.5 Å². The number of nitrogens with one attached hydrogen (secondary N) is 1. The first-order chi connectivity index (χ1) is 13.3. The summed E-state index contributed by atoms with van der Waals surface area (Å²) in [5.41, 5.74) is 2.03. The van der Waals surface area contributed by atoms with Crippen molar-refractivity contribution >= 4 is 39.0 Å². The van der Waals surface area contributed by atoms with Crippen LogP contribution in [0.4, 0.5) is 0 Å². The quantitative estimate of drug-likeness (QED) is 0.717. The average Bonchev–Trinajstić information content (AvgIpc) is 3.31. The van der Waals surface area contributed by atoms with E-state index in [0.717, 1.165) is 16.3 Å². The first-order valence-corrected chi connectivity index (χ1v) is 12.6. The Kier molecular flexibility index (Phi) is 6.80. The molecule has 1 aromatic heterocycles. The molecule has 28 heavy (non-hydrogen) atoms. The van der Waals surface area contributed by atoms with Crippen LogP contribution >= 0.6 is 23.1 Å². The summed E-state index contributed by atoms with van der Waals surface area (Å²) in [6.07, 6.45) is 0.638. The normalized spacial score (nSPS) is 17.9. The molecule has 0 radical (unpaired) electrons. The van der Waals surface area contributed by atoms with E-state index in [1.165, 1.54) is 16.1 Å². The topological polar surface area (TPSA) is 79.4 Å². The minimum absolute atomic E-state index is 0.232. The third kappa shape index (κ3) is 4.76. The molecule has 2 aromatic rings. The molecule has 1 unspecified atom stereocenters. The summed E-state index contributed by atoms with van der Waals surface area (Å²) in [5.74, 6) is 0.834. The number of aryl methyl sites for hydroxylation is 1. The summed E-state index contributed by atoms with van der Waals surface area (Å²) >= 11 is 3.03. The molecule has 2 heterocycles. The molecule has 0 bridgehead atoms. The molecule has 9 heteroatoms. The summed E-state index contributed by atoms with van der Waals surface area (Å²) in [6.45, 7) is 6.51. The number of amides is 1. The smallest absolute Gasteiger partial charge is 0.244 e. The van der Waals surface area contributed by atoms with Gasteiger partial charge < -0.3 is 5.32 Å². The number of thioether (sulfide) groups is 1. The van der Waals surface area contributed by atoms with Gasteiger partial charge in [-0.05, 0) is 30.5 Å². The lowest BCUT2D eigenvalue weighted by molar-refractivity contribution is -0.123. The van der Waals surface area contributed by atoms with E-state index in [4.69, 9.17) is 0 Å². The van der Waals surface area contributed by atoms with Crippen LogP contribution in [-0.2, 0) is 21.2 Å². The molecular formula is C19H25N3O3S3. The van der Waals surface area contributed by atoms with Crippen LogP contribution in [0.1, 0.15) is 36.0 Å². The summed E-state index contributed by atoms with van der Waals surface area (Å²) in [7, 11) is -3.71. The monoisotopic (exact) mass is 439 g/mol. The second kappa shape index (κ2) is 8.94. The summed E-state index contributed by atoms with van der Waals surface area (Å²) < 4.78 is 27.4. The number of hydrogen-bond donors (Lipinski definition) is 1. The van der Waals surface area contributed by atoms with Gasteiger partial charge in [-0.15, -0.1) is 23.1 Å². The second-order valence-electron chi connectivity index (χ2n) is 7.03. The summed E-state index contributed by atoms with van der Waals surface area (Å²) in [6, 6.07) is 6.26. The van der Waals surface area contributed by atoms with E-state index in [0.29, 0.717) is 24.6 Å². The molecule has 1 aliphatic rings. The SMILES string of the molecule is Cc1nc(CCNC(=O)C2CSCN2S(=O)(=O)c2ccc(C(C)C)cc2)cs1. The fourth-order valence-corrected chi connectivity index (χ4v) is 6.78. The van der Waals surface area contributed by atoms with Crippen LogP contribution in [-0.4, -0.2) is 47.8 Å². The van der Waals surface area contributed by atoms with Crippen LogP contribution in [0.5, 0.6) is 0 Å². The van der Waals surface area contributed by atoms with Crippen LogP contribution in [0, 0.1) is 6.92 Å². The lowest BCUT2D eigenvalue weighted by Gasteiger charge is -2.22. The van der Waals surface area contributed by atoms with Crippen LogP contribution in [0.2, 0.25) is 0 Å². The minimum atomic E-state index is -3.71. The Bertz CT molecular complexity index is 923. The third-order valence-corrected chi connectivity index (χ3v) is 8.51. The fourth-order valence-electron chi connectivity index (χ4n) is 2.99. The largest absolute Gasteiger partial charge is 0.354 e. The Hall–Kier alpha value is -1.42. The van der Waals surface area contributed by atoms with Gasteiger partial charge in [0.2, 0.25) is 15.9 Å². The van der Waals surface area contributed by atoms with Gasteiger partial charge in [0.05, 0.1) is 21.5 Å². The van der Waals surface area contributed by atoms with Crippen LogP contribution in [0.3, 0.4) is 0 Å². The average molecular weight is 440 g/mol. The highest BCUT2D eigenvalue weighted by atomic mass is 32.2. The van der Waals surface area contributed by atoms with E-state index in [1.807, 2.05) is 24.4 Å². The van der Waals surface area contributed by atoms with Crippen molar-refractivity contribution in [3.8, 4) is 0 Å². The maximum absolute atomic E-state index is 13.1. The van der Waals surface area contributed by atoms with Crippen molar-refractivity contribution in [2.45, 2.75) is 44.0 Å². The van der Waals surface area contributed by atoms with Gasteiger partial charge in [0.15, 0.2) is 0 Å². The minimum Gasteiger partial charge on any atom is -0.354 e. The van der Waals surface area contributed by atoms with Gasteiger partial charge in [-0.2, -0.15) is 4.31 Å². The standard InChI is InChI=1S/C19H25N3O3S3/c1-13(2)15-4-6-17(7-5-15)28(24,25)22-12-26-11-18(22)19(23)20-9-8-16-10-27-14(3)21-16/h4-7,10,13,18H,8-9,11-12H2,1-3H3,(H,20,23). The predicted octanol–water partition coefficient (Wildman–Crippen LogP) is 3.00. The molecular weight excluding hydrogens is 414 g/mol. The molecule has 1 saturated heterocycles. The zero-order chi connectivity index (χ0) is 20.3. The molecule has 0 spiro atoms. The van der Waals surface area contributed by atoms with Crippen molar-refractivity contribution in [2.75, 3.05) is 18.2 Å². The Labute approximate surface area is 174 Å². The Morgan fingerprint density at radius 1 is 1.32 bits per heavy atom. The molecule has 1 aliphatic heterocycles. The van der Waals surface area contributed by atoms with Gasteiger partial charge in [-0.3, -0.25) is 4.79 Å². The molecule has 6 nitrogen and oxygen atoms in total. The third-order valence-electron chi connectivity index (χ3n) is 4.64. The number of benzene rings is 1. The van der Waals surface area contributed by atoms with Gasteiger partial charge in [0.1, 0.15) is 6.04 Å². The van der Waals surface area contributed by atoms with E-state index in [2.05, 4.69) is 24.1 Å². The van der Waals surface area contributed by atoms with Crippen LogP contribution in [0.15, 0.2) is 34.5 Å². The molecule has 3 rings (SSSR count). The highest BCUT2D eigenvalue weighted by molar-refractivity contribution is 8.00. The van der Waals surface area contributed by atoms with Gasteiger partial charge in [-0.25, -0.2) is 13.4 Å². The number of hydrogen-bond acceptors (Lipinski definition) is 6. The van der Waals surface area contributed by atoms with Crippen molar-refractivity contribution < 1.29 is 13.2 Å². The predicted molar refractivity (Wildman–Crippen MR) is 114 cm³/mol. The second-order valence-corrected chi connectivity index (χ2v) is 11.0. The first-order valence-electron chi connectivity index (χ1n) is 9.17. The Morgan fingerprint density at radius 3 is 2.64 bits per heavy atom. The summed E-state index contributed by atoms with van der Waals surface area (Å²) in [4.78, 5) is 17.2. The molecule has 0 saturated carbocycles. The molecule has 1 atom stereocenters.